The third-order valence-electron chi connectivity index (χ3n) is 3.32. The Morgan fingerprint density at radius 2 is 2.05 bits per heavy atom. The number of rotatable bonds is 7. The fraction of sp³-hybridized carbons (Fsp3) is 0.533. The second kappa shape index (κ2) is 7.26. The quantitative estimate of drug-likeness (QED) is 0.651. The lowest BCUT2D eigenvalue weighted by Crippen LogP contribution is -2.49. The Morgan fingerprint density at radius 3 is 2.63 bits per heavy atom. The summed E-state index contributed by atoms with van der Waals surface area (Å²) in [6.07, 6.45) is 1.74. The van der Waals surface area contributed by atoms with Crippen LogP contribution >= 0.6 is 0 Å². The highest BCUT2D eigenvalue weighted by Crippen LogP contribution is 2.17. The number of hydrogen-bond acceptors (Lipinski definition) is 3. The number of carbonyl (C=O) groups excluding carboxylic acids is 1. The van der Waals surface area contributed by atoms with Crippen molar-refractivity contribution in [3.63, 3.8) is 0 Å². The molecule has 2 unspecified atom stereocenters. The molecule has 106 valence electrons. The van der Waals surface area contributed by atoms with E-state index in [2.05, 4.69) is 5.32 Å². The van der Waals surface area contributed by atoms with Gasteiger partial charge in [-0.15, -0.1) is 0 Å². The molecule has 19 heavy (non-hydrogen) atoms. The van der Waals surface area contributed by atoms with Gasteiger partial charge in [0.1, 0.15) is 5.54 Å². The Morgan fingerprint density at radius 1 is 1.42 bits per heavy atom. The van der Waals surface area contributed by atoms with Gasteiger partial charge in [0.15, 0.2) is 0 Å². The maximum Gasteiger partial charge on any atom is 0.244 e. The number of nitrogens with one attached hydrogen (secondary N) is 1. The molecule has 1 aromatic rings. The first-order valence-corrected chi connectivity index (χ1v) is 6.72. The fourth-order valence-corrected chi connectivity index (χ4v) is 1.84. The first-order valence-electron chi connectivity index (χ1n) is 6.72. The summed E-state index contributed by atoms with van der Waals surface area (Å²) in [5.41, 5.74) is 5.89. The van der Waals surface area contributed by atoms with E-state index in [0.717, 1.165) is 18.4 Å². The Kier molecular flexibility index (Phi) is 5.99. The van der Waals surface area contributed by atoms with Crippen LogP contribution in [-0.4, -0.2) is 24.2 Å². The number of hydrogen-bond donors (Lipinski definition) is 3. The van der Waals surface area contributed by atoms with Crippen molar-refractivity contribution in [2.24, 2.45) is 11.7 Å². The standard InChI is InChI=1S/C15H24N2O2/c1-12(11-18)7-6-10-17-14(19)15(2,16)13-8-4-3-5-9-13/h3-5,8-9,12,18H,6-7,10-11,16H2,1-2H3,(H,17,19). The predicted molar refractivity (Wildman–Crippen MR) is 76.5 cm³/mol. The van der Waals surface area contributed by atoms with Crippen LogP contribution in [0.1, 0.15) is 32.3 Å². The molecule has 1 amide bonds. The van der Waals surface area contributed by atoms with Gasteiger partial charge in [-0.2, -0.15) is 0 Å². The van der Waals surface area contributed by atoms with Crippen molar-refractivity contribution in [1.82, 2.24) is 5.32 Å². The SMILES string of the molecule is CC(CO)CCCNC(=O)C(C)(N)c1ccccc1. The van der Waals surface area contributed by atoms with E-state index < -0.39 is 5.54 Å². The smallest absolute Gasteiger partial charge is 0.244 e. The van der Waals surface area contributed by atoms with Crippen LogP contribution in [0.2, 0.25) is 0 Å². The molecule has 4 nitrogen and oxygen atoms in total. The highest BCUT2D eigenvalue weighted by Gasteiger charge is 2.29. The second-order valence-corrected chi connectivity index (χ2v) is 5.25. The first-order chi connectivity index (χ1) is 8.98. The summed E-state index contributed by atoms with van der Waals surface area (Å²) in [6.45, 7) is 4.47. The lowest BCUT2D eigenvalue weighted by Gasteiger charge is -2.24. The van der Waals surface area contributed by atoms with Gasteiger partial charge in [0, 0.05) is 13.2 Å². The average molecular weight is 264 g/mol. The predicted octanol–water partition coefficient (Wildman–Crippen LogP) is 1.39. The summed E-state index contributed by atoms with van der Waals surface area (Å²) >= 11 is 0. The number of aliphatic hydroxyl groups is 1. The summed E-state index contributed by atoms with van der Waals surface area (Å²) in [6, 6.07) is 9.35. The molecule has 0 radical (unpaired) electrons. The third kappa shape index (κ3) is 4.65. The van der Waals surface area contributed by atoms with Gasteiger partial charge in [-0.25, -0.2) is 0 Å². The Hall–Kier alpha value is -1.39. The third-order valence-corrected chi connectivity index (χ3v) is 3.32. The largest absolute Gasteiger partial charge is 0.396 e. The highest BCUT2D eigenvalue weighted by molar-refractivity contribution is 5.86. The molecule has 4 N–H and O–H groups in total. The monoisotopic (exact) mass is 264 g/mol. The van der Waals surface area contributed by atoms with Gasteiger partial charge in [0.25, 0.3) is 0 Å². The highest BCUT2D eigenvalue weighted by atomic mass is 16.3. The van der Waals surface area contributed by atoms with Crippen LogP contribution in [0, 0.1) is 5.92 Å². The molecule has 0 saturated heterocycles. The molecule has 0 aliphatic heterocycles. The first kappa shape index (κ1) is 15.7. The van der Waals surface area contributed by atoms with Crippen LogP contribution in [0.15, 0.2) is 30.3 Å². The summed E-state index contributed by atoms with van der Waals surface area (Å²) in [4.78, 5) is 12.1. The molecular formula is C15H24N2O2. The molecule has 1 rings (SSSR count). The molecular weight excluding hydrogens is 240 g/mol. The molecule has 0 aliphatic carbocycles. The molecule has 0 aliphatic rings. The Labute approximate surface area is 115 Å². The molecule has 0 heterocycles. The van der Waals surface area contributed by atoms with Crippen molar-refractivity contribution in [1.29, 1.82) is 0 Å². The summed E-state index contributed by atoms with van der Waals surface area (Å²) in [5, 5.41) is 11.8. The van der Waals surface area contributed by atoms with Crippen molar-refractivity contribution >= 4 is 5.91 Å². The van der Waals surface area contributed by atoms with Gasteiger partial charge < -0.3 is 16.2 Å². The van der Waals surface area contributed by atoms with Crippen LogP contribution in [0.5, 0.6) is 0 Å². The fourth-order valence-electron chi connectivity index (χ4n) is 1.84. The van der Waals surface area contributed by atoms with E-state index >= 15 is 0 Å². The number of nitrogens with two attached hydrogens (primary N) is 1. The zero-order valence-corrected chi connectivity index (χ0v) is 11.7. The van der Waals surface area contributed by atoms with Crippen molar-refractivity contribution in [3.8, 4) is 0 Å². The molecule has 0 aromatic heterocycles. The van der Waals surface area contributed by atoms with Crippen LogP contribution < -0.4 is 11.1 Å². The van der Waals surface area contributed by atoms with E-state index in [4.69, 9.17) is 10.8 Å². The van der Waals surface area contributed by atoms with Gasteiger partial charge in [-0.3, -0.25) is 4.79 Å². The minimum Gasteiger partial charge on any atom is -0.396 e. The van der Waals surface area contributed by atoms with Crippen molar-refractivity contribution < 1.29 is 9.90 Å². The van der Waals surface area contributed by atoms with Gasteiger partial charge in [-0.1, -0.05) is 37.3 Å². The zero-order chi connectivity index (χ0) is 14.3. The van der Waals surface area contributed by atoms with Gasteiger partial charge >= 0.3 is 0 Å². The average Bonchev–Trinajstić information content (AvgIpc) is 2.43. The van der Waals surface area contributed by atoms with E-state index in [-0.39, 0.29) is 18.4 Å². The van der Waals surface area contributed by atoms with E-state index in [1.54, 1.807) is 6.92 Å². The van der Waals surface area contributed by atoms with Crippen molar-refractivity contribution in [2.45, 2.75) is 32.2 Å². The van der Waals surface area contributed by atoms with Crippen LogP contribution in [0.3, 0.4) is 0 Å². The maximum absolute atomic E-state index is 12.1. The molecule has 0 bridgehead atoms. The number of amides is 1. The second-order valence-electron chi connectivity index (χ2n) is 5.25. The Balaban J connectivity index is 2.45. The van der Waals surface area contributed by atoms with Gasteiger partial charge in [0.05, 0.1) is 0 Å². The summed E-state index contributed by atoms with van der Waals surface area (Å²) in [5.74, 6) is 0.102. The Bertz CT molecular complexity index is 390. The number of benzene rings is 1. The molecule has 0 saturated carbocycles. The number of carbonyl (C=O) groups is 1. The van der Waals surface area contributed by atoms with Crippen LogP contribution in [0.25, 0.3) is 0 Å². The van der Waals surface area contributed by atoms with Crippen molar-refractivity contribution in [3.05, 3.63) is 35.9 Å². The van der Waals surface area contributed by atoms with E-state index in [0.29, 0.717) is 6.54 Å². The minimum atomic E-state index is -1.01. The molecule has 0 spiro atoms. The van der Waals surface area contributed by atoms with Crippen LogP contribution in [0.4, 0.5) is 0 Å². The zero-order valence-electron chi connectivity index (χ0n) is 11.7. The van der Waals surface area contributed by atoms with Gasteiger partial charge in [-0.05, 0) is 31.2 Å². The lowest BCUT2D eigenvalue weighted by molar-refractivity contribution is -0.126. The minimum absolute atomic E-state index is 0.171. The van der Waals surface area contributed by atoms with Crippen LogP contribution in [-0.2, 0) is 10.3 Å². The summed E-state index contributed by atoms with van der Waals surface area (Å²) < 4.78 is 0. The molecule has 0 fully saturated rings. The van der Waals surface area contributed by atoms with E-state index in [1.165, 1.54) is 0 Å². The van der Waals surface area contributed by atoms with E-state index in [1.807, 2.05) is 37.3 Å². The topological polar surface area (TPSA) is 75.3 Å². The van der Waals surface area contributed by atoms with Crippen molar-refractivity contribution in [2.75, 3.05) is 13.2 Å². The van der Waals surface area contributed by atoms with Gasteiger partial charge in [0.2, 0.25) is 5.91 Å². The van der Waals surface area contributed by atoms with E-state index in [9.17, 15) is 4.79 Å². The normalized spacial score (nSPS) is 15.6. The number of aliphatic hydroxyl groups excluding tert-OH is 1. The maximum atomic E-state index is 12.1. The molecule has 4 heteroatoms. The lowest BCUT2D eigenvalue weighted by atomic mass is 9.92. The molecule has 2 atom stereocenters. The summed E-state index contributed by atoms with van der Waals surface area (Å²) in [7, 11) is 0. The molecule has 1 aromatic carbocycles.